The molecule has 0 amide bonds. The zero-order chi connectivity index (χ0) is 34.1. The summed E-state index contributed by atoms with van der Waals surface area (Å²) in [4.78, 5) is 14.0. The molecule has 4 heterocycles. The SMILES string of the molecule is CC(C)(C)c1ccnc(-c2[c-]cc3oc4nc(C(C)(C)c5ccccc5)ccc4c3c2)c1.C[Si](C)(C)c1ccc(-c2[c-]cccc2)nc1.[Ir]. The first-order chi connectivity index (χ1) is 22.8. The summed E-state index contributed by atoms with van der Waals surface area (Å²) in [7, 11) is -1.23. The number of nitrogens with zero attached hydrogens (tertiary/aromatic N) is 3. The van der Waals surface area contributed by atoms with Crippen molar-refractivity contribution in [2.24, 2.45) is 0 Å². The van der Waals surface area contributed by atoms with Crippen LogP contribution in [0.3, 0.4) is 0 Å². The van der Waals surface area contributed by atoms with Crippen molar-refractivity contribution in [1.82, 2.24) is 15.0 Å². The Morgan fingerprint density at radius 3 is 2.08 bits per heavy atom. The second-order valence-corrected chi connectivity index (χ2v) is 20.0. The Morgan fingerprint density at radius 2 is 1.43 bits per heavy atom. The third-order valence-electron chi connectivity index (χ3n) is 8.92. The number of furan rings is 1. The van der Waals surface area contributed by atoms with Crippen LogP contribution in [0.15, 0.2) is 120 Å². The van der Waals surface area contributed by atoms with Gasteiger partial charge in [-0.2, -0.15) is 0 Å². The first-order valence-corrected chi connectivity index (χ1v) is 20.0. The van der Waals surface area contributed by atoms with Gasteiger partial charge >= 0.3 is 0 Å². The fourth-order valence-electron chi connectivity index (χ4n) is 5.69. The van der Waals surface area contributed by atoms with Crippen molar-refractivity contribution in [1.29, 1.82) is 0 Å². The molecule has 49 heavy (non-hydrogen) atoms. The smallest absolute Gasteiger partial charge is 0.216 e. The van der Waals surface area contributed by atoms with Gasteiger partial charge in [0.15, 0.2) is 0 Å². The van der Waals surface area contributed by atoms with Gasteiger partial charge in [0, 0.05) is 43.3 Å². The van der Waals surface area contributed by atoms with E-state index in [2.05, 4.69) is 143 Å². The third-order valence-corrected chi connectivity index (χ3v) is 11.0. The molecule has 4 nitrogen and oxygen atoms in total. The molecule has 0 fully saturated rings. The van der Waals surface area contributed by atoms with Crippen LogP contribution in [0.4, 0.5) is 0 Å². The Hall–Kier alpha value is -4.22. The van der Waals surface area contributed by atoms with Crippen LogP contribution in [0.1, 0.15) is 51.4 Å². The number of hydrogen-bond acceptors (Lipinski definition) is 4. The van der Waals surface area contributed by atoms with Gasteiger partial charge in [0.2, 0.25) is 5.71 Å². The standard InChI is InChI=1S/C29H27N2O.C14H16NSi.Ir/c1-28(2,3)21-15-16-30-24(18-21)19-11-13-25-23(17-19)22-12-14-26(31-27(22)32-25)29(4,5)20-9-7-6-8-10-20;1-16(2,3)13-9-10-14(15-11-13)12-7-5-4-6-8-12;/h6-10,12-18H,1-5H3;4-7,9-11H,1-3H3;/q2*-1;. The molecular weight excluding hydrogens is 795 g/mol. The molecule has 1 radical (unpaired) electrons. The minimum atomic E-state index is -1.23. The van der Waals surface area contributed by atoms with Crippen LogP contribution in [0.5, 0.6) is 0 Å². The van der Waals surface area contributed by atoms with Crippen LogP contribution in [0, 0.1) is 12.1 Å². The van der Waals surface area contributed by atoms with Gasteiger partial charge < -0.3 is 14.4 Å². The molecule has 7 rings (SSSR count). The molecule has 0 spiro atoms. The van der Waals surface area contributed by atoms with E-state index in [1.807, 2.05) is 48.8 Å². The molecule has 251 valence electrons. The van der Waals surface area contributed by atoms with Gasteiger partial charge in [0.25, 0.3) is 0 Å². The van der Waals surface area contributed by atoms with Crippen molar-refractivity contribution in [2.45, 2.75) is 65.1 Å². The van der Waals surface area contributed by atoms with E-state index in [1.54, 1.807) is 0 Å². The molecule has 0 aliphatic heterocycles. The average molecular weight is 838 g/mol. The molecule has 6 heteroatoms. The molecular formula is C43H43IrN3OSi-2. The van der Waals surface area contributed by atoms with Crippen molar-refractivity contribution in [3.8, 4) is 22.5 Å². The van der Waals surface area contributed by atoms with Gasteiger partial charge in [-0.15, -0.1) is 59.7 Å². The van der Waals surface area contributed by atoms with Gasteiger partial charge in [-0.3, -0.25) is 0 Å². The predicted molar refractivity (Wildman–Crippen MR) is 202 cm³/mol. The molecule has 0 saturated heterocycles. The molecule has 0 aliphatic rings. The number of benzene rings is 3. The van der Waals surface area contributed by atoms with E-state index in [1.165, 1.54) is 16.3 Å². The summed E-state index contributed by atoms with van der Waals surface area (Å²) >= 11 is 0. The molecule has 0 saturated carbocycles. The largest absolute Gasteiger partial charge is 0.486 e. The monoisotopic (exact) mass is 838 g/mol. The number of rotatable bonds is 5. The van der Waals surface area contributed by atoms with Crippen molar-refractivity contribution >= 4 is 35.3 Å². The second-order valence-electron chi connectivity index (χ2n) is 14.9. The van der Waals surface area contributed by atoms with Crippen molar-refractivity contribution in [3.05, 3.63) is 144 Å². The van der Waals surface area contributed by atoms with E-state index in [9.17, 15) is 0 Å². The van der Waals surface area contributed by atoms with E-state index in [-0.39, 0.29) is 30.9 Å². The van der Waals surface area contributed by atoms with Crippen LogP contribution in [-0.4, -0.2) is 23.0 Å². The molecule has 0 atom stereocenters. The summed E-state index contributed by atoms with van der Waals surface area (Å²) in [5.74, 6) is 0. The zero-order valence-electron chi connectivity index (χ0n) is 29.6. The molecule has 0 aliphatic carbocycles. The van der Waals surface area contributed by atoms with Gasteiger partial charge in [0.05, 0.1) is 19.4 Å². The summed E-state index contributed by atoms with van der Waals surface area (Å²) in [6, 6.07) is 41.7. The molecule has 0 unspecified atom stereocenters. The topological polar surface area (TPSA) is 51.8 Å². The Labute approximate surface area is 305 Å². The Kier molecular flexibility index (Phi) is 10.5. The Balaban J connectivity index is 0.000000233. The minimum Gasteiger partial charge on any atom is -0.486 e. The van der Waals surface area contributed by atoms with Crippen LogP contribution in [-0.2, 0) is 30.9 Å². The fraction of sp³-hybridized carbons (Fsp3) is 0.233. The van der Waals surface area contributed by atoms with Crippen molar-refractivity contribution < 1.29 is 24.5 Å². The number of hydrogen-bond donors (Lipinski definition) is 0. The summed E-state index contributed by atoms with van der Waals surface area (Å²) in [5.41, 5.74) is 8.70. The third kappa shape index (κ3) is 7.99. The summed E-state index contributed by atoms with van der Waals surface area (Å²) in [6.07, 6.45) is 3.89. The molecule has 4 aromatic heterocycles. The maximum atomic E-state index is 6.13. The van der Waals surface area contributed by atoms with Gasteiger partial charge in [-0.1, -0.05) is 108 Å². The predicted octanol–water partition coefficient (Wildman–Crippen LogP) is 10.6. The number of aromatic nitrogens is 3. The molecule has 0 bridgehead atoms. The maximum Gasteiger partial charge on any atom is 0.216 e. The Morgan fingerprint density at radius 1 is 0.673 bits per heavy atom. The van der Waals surface area contributed by atoms with E-state index < -0.39 is 8.07 Å². The van der Waals surface area contributed by atoms with Crippen molar-refractivity contribution in [2.75, 3.05) is 0 Å². The van der Waals surface area contributed by atoms with E-state index in [0.717, 1.165) is 44.6 Å². The van der Waals surface area contributed by atoms with E-state index in [4.69, 9.17) is 9.40 Å². The van der Waals surface area contributed by atoms with Crippen LogP contribution < -0.4 is 5.19 Å². The summed E-state index contributed by atoms with van der Waals surface area (Å²) in [6.45, 7) is 18.0. The summed E-state index contributed by atoms with van der Waals surface area (Å²) < 4.78 is 6.13. The van der Waals surface area contributed by atoms with Crippen molar-refractivity contribution in [3.63, 3.8) is 0 Å². The van der Waals surface area contributed by atoms with Gasteiger partial charge in [-0.25, -0.2) is 4.98 Å². The minimum absolute atomic E-state index is 0. The first-order valence-electron chi connectivity index (χ1n) is 16.5. The average Bonchev–Trinajstić information content (AvgIpc) is 3.46. The maximum absolute atomic E-state index is 6.13. The van der Waals surface area contributed by atoms with E-state index in [0.29, 0.717) is 5.71 Å². The normalized spacial score (nSPS) is 11.9. The quantitative estimate of drug-likeness (QED) is 0.128. The van der Waals surface area contributed by atoms with Crippen LogP contribution >= 0.6 is 0 Å². The van der Waals surface area contributed by atoms with Gasteiger partial charge in [-0.05, 0) is 51.3 Å². The van der Waals surface area contributed by atoms with E-state index >= 15 is 0 Å². The van der Waals surface area contributed by atoms with Crippen LogP contribution in [0.2, 0.25) is 19.6 Å². The van der Waals surface area contributed by atoms with Gasteiger partial charge in [0.1, 0.15) is 0 Å². The zero-order valence-corrected chi connectivity index (χ0v) is 32.9. The summed E-state index contributed by atoms with van der Waals surface area (Å²) in [5, 5.41) is 3.44. The number of pyridine rings is 3. The molecule has 7 aromatic rings. The Bertz CT molecular complexity index is 2160. The molecule has 3 aromatic carbocycles. The fourth-order valence-corrected chi connectivity index (χ4v) is 6.73. The molecule has 0 N–H and O–H groups in total. The first kappa shape index (κ1) is 36.1. The number of fused-ring (bicyclic) bond motifs is 3. The van der Waals surface area contributed by atoms with Crippen LogP contribution in [0.25, 0.3) is 44.6 Å². The second kappa shape index (κ2) is 14.3.